The second-order valence-corrected chi connectivity index (χ2v) is 8.77. The number of hydrogen-bond donors (Lipinski definition) is 1. The Hall–Kier alpha value is -2.67. The largest absolute Gasteiger partial charge is 0.439 e. The van der Waals surface area contributed by atoms with Crippen LogP contribution in [0.5, 0.6) is 11.6 Å². The van der Waals surface area contributed by atoms with Gasteiger partial charge in [-0.25, -0.2) is 4.68 Å². The van der Waals surface area contributed by atoms with Crippen LogP contribution >= 0.6 is 0 Å². The summed E-state index contributed by atoms with van der Waals surface area (Å²) >= 11 is 0. The number of nitrogens with zero attached hydrogens (tertiary/aromatic N) is 3. The molecule has 0 saturated heterocycles. The van der Waals surface area contributed by atoms with Crippen molar-refractivity contribution in [1.29, 1.82) is 0 Å². The van der Waals surface area contributed by atoms with E-state index in [0.29, 0.717) is 19.7 Å². The monoisotopic (exact) mass is 465 g/mol. The Labute approximate surface area is 204 Å². The Balaban J connectivity index is 1.98. The summed E-state index contributed by atoms with van der Waals surface area (Å²) in [5.41, 5.74) is 4.18. The summed E-state index contributed by atoms with van der Waals surface area (Å²) in [4.78, 5) is 2.25. The number of aryl methyl sites for hydroxylation is 2. The fraction of sp³-hybridized carbons (Fsp3) is 0.464. The first kappa shape index (κ1) is 25.9. The Morgan fingerprint density at radius 1 is 1.06 bits per heavy atom. The smallest absolute Gasteiger partial charge is 0.227 e. The third-order valence-corrected chi connectivity index (χ3v) is 5.94. The van der Waals surface area contributed by atoms with Gasteiger partial charge in [-0.1, -0.05) is 62.6 Å². The number of methoxy groups -OCH3 is 1. The first-order valence-corrected chi connectivity index (χ1v) is 12.4. The molecule has 1 atom stereocenters. The average molecular weight is 466 g/mol. The SMILES string of the molecule is CCCC[C@@H](O)CN(CCOC)Cc1c(CC)nn(-c2ccccc2)c1Oc1ccc(C)cc1. The van der Waals surface area contributed by atoms with Crippen molar-refractivity contribution < 1.29 is 14.6 Å². The van der Waals surface area contributed by atoms with Gasteiger partial charge in [0.2, 0.25) is 5.88 Å². The number of ether oxygens (including phenoxy) is 2. The molecule has 0 aliphatic rings. The first-order valence-electron chi connectivity index (χ1n) is 12.4. The second-order valence-electron chi connectivity index (χ2n) is 8.77. The molecule has 6 nitrogen and oxygen atoms in total. The van der Waals surface area contributed by atoms with E-state index >= 15 is 0 Å². The quantitative estimate of drug-likeness (QED) is 0.339. The molecule has 34 heavy (non-hydrogen) atoms. The van der Waals surface area contributed by atoms with Crippen molar-refractivity contribution in [2.75, 3.05) is 26.8 Å². The highest BCUT2D eigenvalue weighted by atomic mass is 16.5. The van der Waals surface area contributed by atoms with Crippen LogP contribution < -0.4 is 4.74 Å². The van der Waals surface area contributed by atoms with Crippen LogP contribution in [-0.2, 0) is 17.7 Å². The van der Waals surface area contributed by atoms with E-state index in [4.69, 9.17) is 14.6 Å². The van der Waals surface area contributed by atoms with Crippen molar-refractivity contribution >= 4 is 0 Å². The van der Waals surface area contributed by atoms with Gasteiger partial charge in [0.25, 0.3) is 0 Å². The van der Waals surface area contributed by atoms with Crippen LogP contribution in [0.1, 0.15) is 49.9 Å². The van der Waals surface area contributed by atoms with E-state index in [1.807, 2.05) is 59.3 Å². The van der Waals surface area contributed by atoms with Gasteiger partial charge in [0, 0.05) is 26.7 Å². The molecule has 3 rings (SSSR count). The van der Waals surface area contributed by atoms with Gasteiger partial charge >= 0.3 is 0 Å². The highest BCUT2D eigenvalue weighted by molar-refractivity contribution is 5.44. The fourth-order valence-electron chi connectivity index (χ4n) is 4.00. The van der Waals surface area contributed by atoms with Crippen molar-refractivity contribution in [3.8, 4) is 17.3 Å². The van der Waals surface area contributed by atoms with Crippen LogP contribution in [-0.4, -0.2) is 52.7 Å². The average Bonchev–Trinajstić information content (AvgIpc) is 3.20. The van der Waals surface area contributed by atoms with Crippen molar-refractivity contribution in [1.82, 2.24) is 14.7 Å². The van der Waals surface area contributed by atoms with Gasteiger partial charge in [-0.2, -0.15) is 5.10 Å². The zero-order valence-electron chi connectivity index (χ0n) is 21.0. The van der Waals surface area contributed by atoms with Crippen LogP contribution in [0, 0.1) is 6.92 Å². The number of rotatable bonds is 14. The van der Waals surface area contributed by atoms with Crippen molar-refractivity contribution in [3.63, 3.8) is 0 Å². The summed E-state index contributed by atoms with van der Waals surface area (Å²) in [5.74, 6) is 1.50. The minimum absolute atomic E-state index is 0.368. The molecule has 0 aliphatic heterocycles. The molecule has 184 valence electrons. The van der Waals surface area contributed by atoms with Crippen molar-refractivity contribution in [2.24, 2.45) is 0 Å². The Morgan fingerprint density at radius 2 is 1.79 bits per heavy atom. The molecular formula is C28H39N3O3. The van der Waals surface area contributed by atoms with E-state index in [9.17, 15) is 5.11 Å². The van der Waals surface area contributed by atoms with Gasteiger partial charge in [0.15, 0.2) is 0 Å². The molecule has 0 saturated carbocycles. The maximum Gasteiger partial charge on any atom is 0.227 e. The molecule has 3 aromatic rings. The summed E-state index contributed by atoms with van der Waals surface area (Å²) in [7, 11) is 1.71. The number of aliphatic hydroxyl groups excluding tert-OH is 1. The first-order chi connectivity index (χ1) is 16.5. The standard InChI is InChI=1S/C28H39N3O3/c1-5-7-13-24(32)20-30(18-19-33-4)21-26-27(6-2)29-31(23-11-9-8-10-12-23)28(26)34-25-16-14-22(3)15-17-25/h8-12,14-17,24,32H,5-7,13,18-21H2,1-4H3/t24-/m1/s1. The molecule has 0 unspecified atom stereocenters. The zero-order chi connectivity index (χ0) is 24.3. The Morgan fingerprint density at radius 3 is 2.44 bits per heavy atom. The molecule has 0 bridgehead atoms. The van der Waals surface area contributed by atoms with Crippen LogP contribution in [0.3, 0.4) is 0 Å². The van der Waals surface area contributed by atoms with Gasteiger partial charge in [0.05, 0.1) is 29.7 Å². The van der Waals surface area contributed by atoms with E-state index in [-0.39, 0.29) is 6.10 Å². The highest BCUT2D eigenvalue weighted by Crippen LogP contribution is 2.32. The molecule has 1 aromatic heterocycles. The lowest BCUT2D eigenvalue weighted by Gasteiger charge is -2.25. The van der Waals surface area contributed by atoms with Crippen molar-refractivity contribution in [2.45, 2.75) is 59.1 Å². The Kier molecular flexibility index (Phi) is 10.1. The third-order valence-electron chi connectivity index (χ3n) is 5.94. The van der Waals surface area contributed by atoms with E-state index in [1.165, 1.54) is 5.56 Å². The van der Waals surface area contributed by atoms with Gasteiger partial charge in [0.1, 0.15) is 5.75 Å². The maximum absolute atomic E-state index is 10.6. The summed E-state index contributed by atoms with van der Waals surface area (Å²) in [6.07, 6.45) is 3.32. The highest BCUT2D eigenvalue weighted by Gasteiger charge is 2.23. The van der Waals surface area contributed by atoms with Gasteiger partial charge in [-0.05, 0) is 44.0 Å². The minimum atomic E-state index is -0.368. The zero-order valence-corrected chi connectivity index (χ0v) is 21.0. The predicted octanol–water partition coefficient (Wildman–Crippen LogP) is 5.53. The molecule has 0 aliphatic carbocycles. The molecule has 0 amide bonds. The van der Waals surface area contributed by atoms with Gasteiger partial charge in [-0.3, -0.25) is 4.90 Å². The third kappa shape index (κ3) is 7.16. The molecule has 6 heteroatoms. The molecule has 0 radical (unpaired) electrons. The van der Waals surface area contributed by atoms with Crippen LogP contribution in [0.4, 0.5) is 0 Å². The summed E-state index contributed by atoms with van der Waals surface area (Å²) in [6.45, 7) is 8.88. The van der Waals surface area contributed by atoms with Crippen LogP contribution in [0.15, 0.2) is 54.6 Å². The Bertz CT molecular complexity index is 986. The van der Waals surface area contributed by atoms with E-state index < -0.39 is 0 Å². The van der Waals surface area contributed by atoms with Crippen molar-refractivity contribution in [3.05, 3.63) is 71.4 Å². The lowest BCUT2D eigenvalue weighted by Crippen LogP contribution is -2.34. The molecule has 0 fully saturated rings. The number of aromatic nitrogens is 2. The molecule has 1 N–H and O–H groups in total. The number of unbranched alkanes of at least 4 members (excludes halogenated alkanes) is 1. The molecular weight excluding hydrogens is 426 g/mol. The lowest BCUT2D eigenvalue weighted by atomic mass is 10.1. The van der Waals surface area contributed by atoms with E-state index in [0.717, 1.165) is 60.8 Å². The van der Waals surface area contributed by atoms with E-state index in [1.54, 1.807) is 7.11 Å². The number of hydrogen-bond acceptors (Lipinski definition) is 5. The maximum atomic E-state index is 10.6. The van der Waals surface area contributed by atoms with Gasteiger partial charge in [-0.15, -0.1) is 0 Å². The number of benzene rings is 2. The topological polar surface area (TPSA) is 59.8 Å². The number of para-hydroxylation sites is 1. The molecule has 1 heterocycles. The second kappa shape index (κ2) is 13.3. The predicted molar refractivity (Wildman–Crippen MR) is 137 cm³/mol. The molecule has 2 aromatic carbocycles. The normalized spacial score (nSPS) is 12.3. The lowest BCUT2D eigenvalue weighted by molar-refractivity contribution is 0.0786. The fourth-order valence-corrected chi connectivity index (χ4v) is 4.00. The van der Waals surface area contributed by atoms with E-state index in [2.05, 4.69) is 25.7 Å². The molecule has 0 spiro atoms. The number of aliphatic hydroxyl groups is 1. The van der Waals surface area contributed by atoms with Crippen LogP contribution in [0.2, 0.25) is 0 Å². The minimum Gasteiger partial charge on any atom is -0.439 e. The summed E-state index contributed by atoms with van der Waals surface area (Å²) in [5, 5.41) is 15.6. The summed E-state index contributed by atoms with van der Waals surface area (Å²) in [6, 6.07) is 18.2. The van der Waals surface area contributed by atoms with Gasteiger partial charge < -0.3 is 14.6 Å². The van der Waals surface area contributed by atoms with Crippen LogP contribution in [0.25, 0.3) is 5.69 Å². The summed E-state index contributed by atoms with van der Waals surface area (Å²) < 4.78 is 13.8.